The molecule has 0 aliphatic carbocycles. The van der Waals surface area contributed by atoms with Crippen LogP contribution in [0, 0.1) is 0 Å². The summed E-state index contributed by atoms with van der Waals surface area (Å²) in [7, 11) is 0. The Morgan fingerprint density at radius 3 is 1.09 bits per heavy atom. The van der Waals surface area contributed by atoms with Gasteiger partial charge in [0.25, 0.3) is 0 Å². The smallest absolute Gasteiger partial charge is 0.220 e. The number of hydrogen-bond acceptors (Lipinski definition) is 18. The summed E-state index contributed by atoms with van der Waals surface area (Å²) < 4.78 is 34.4. The highest BCUT2D eigenvalue weighted by atomic mass is 16.8. The number of nitrogens with one attached hydrogen (secondary N) is 1. The van der Waals surface area contributed by atoms with Gasteiger partial charge in [-0.2, -0.15) is 0 Å². The predicted molar refractivity (Wildman–Crippen MR) is 360 cm³/mol. The van der Waals surface area contributed by atoms with Gasteiger partial charge < -0.3 is 89.9 Å². The molecular formula is C73H137NO18. The molecule has 542 valence electrons. The topological polar surface area (TPSA) is 307 Å². The van der Waals surface area contributed by atoms with Crippen LogP contribution in [0.4, 0.5) is 0 Å². The third kappa shape index (κ3) is 36.2. The third-order valence-corrected chi connectivity index (χ3v) is 19.0. The second kappa shape index (κ2) is 55.2. The molecule has 92 heavy (non-hydrogen) atoms. The average molecular weight is 1320 g/mol. The van der Waals surface area contributed by atoms with Crippen LogP contribution in [0.15, 0.2) is 24.3 Å². The fourth-order valence-electron chi connectivity index (χ4n) is 12.9. The summed E-state index contributed by atoms with van der Waals surface area (Å²) in [4.78, 5) is 13.4. The summed E-state index contributed by atoms with van der Waals surface area (Å²) in [5.41, 5.74) is 0. The Balaban J connectivity index is 1.42. The van der Waals surface area contributed by atoms with Crippen LogP contribution in [0.25, 0.3) is 0 Å². The normalized spacial score (nSPS) is 27.8. The fraction of sp³-hybridized carbons (Fsp3) is 0.932. The Bertz CT molecular complexity index is 1760. The van der Waals surface area contributed by atoms with E-state index in [1.807, 2.05) is 6.08 Å². The molecule has 0 aromatic rings. The first-order valence-electron chi connectivity index (χ1n) is 37.6. The van der Waals surface area contributed by atoms with E-state index in [1.165, 1.54) is 231 Å². The van der Waals surface area contributed by atoms with Gasteiger partial charge in [-0.15, -0.1) is 0 Å². The van der Waals surface area contributed by atoms with E-state index in [2.05, 4.69) is 31.3 Å². The van der Waals surface area contributed by atoms with Gasteiger partial charge in [-0.3, -0.25) is 4.79 Å². The van der Waals surface area contributed by atoms with Gasteiger partial charge in [-0.25, -0.2) is 0 Å². The molecule has 3 rings (SSSR count). The lowest BCUT2D eigenvalue weighted by Gasteiger charge is -2.48. The first-order chi connectivity index (χ1) is 44.8. The summed E-state index contributed by atoms with van der Waals surface area (Å²) in [6, 6.07) is -0.987. The van der Waals surface area contributed by atoms with E-state index in [0.29, 0.717) is 12.8 Å². The molecule has 17 unspecified atom stereocenters. The van der Waals surface area contributed by atoms with E-state index in [-0.39, 0.29) is 18.9 Å². The van der Waals surface area contributed by atoms with Gasteiger partial charge in [-0.1, -0.05) is 289 Å². The van der Waals surface area contributed by atoms with Crippen LogP contribution in [-0.4, -0.2) is 193 Å². The molecule has 19 heteroatoms. The Morgan fingerprint density at radius 1 is 0.380 bits per heavy atom. The summed E-state index contributed by atoms with van der Waals surface area (Å²) in [6.07, 6.45) is 37.3. The Hall–Kier alpha value is -1.73. The predicted octanol–water partition coefficient (Wildman–Crippen LogP) is 11.0. The highest BCUT2D eigenvalue weighted by Crippen LogP contribution is 2.33. The maximum absolute atomic E-state index is 13.4. The van der Waals surface area contributed by atoms with Crippen LogP contribution in [0.1, 0.15) is 303 Å². The lowest BCUT2D eigenvalue weighted by Crippen LogP contribution is -2.66. The maximum Gasteiger partial charge on any atom is 0.220 e. The average Bonchev–Trinajstić information content (AvgIpc) is 0.856. The minimum Gasteiger partial charge on any atom is -0.394 e. The van der Waals surface area contributed by atoms with Crippen molar-refractivity contribution in [3.8, 4) is 0 Å². The van der Waals surface area contributed by atoms with Crippen molar-refractivity contribution in [1.82, 2.24) is 5.32 Å². The van der Waals surface area contributed by atoms with E-state index in [4.69, 9.17) is 28.4 Å². The van der Waals surface area contributed by atoms with Crippen molar-refractivity contribution in [1.29, 1.82) is 0 Å². The number of rotatable bonds is 59. The zero-order chi connectivity index (χ0) is 66.8. The van der Waals surface area contributed by atoms with E-state index in [9.17, 15) is 61.0 Å². The number of carbonyl (C=O) groups excluding carboxylic acids is 1. The number of aliphatic hydroxyl groups is 11. The van der Waals surface area contributed by atoms with Gasteiger partial charge >= 0.3 is 0 Å². The van der Waals surface area contributed by atoms with Crippen molar-refractivity contribution >= 4 is 5.91 Å². The van der Waals surface area contributed by atoms with Gasteiger partial charge in [0.2, 0.25) is 5.91 Å². The van der Waals surface area contributed by atoms with E-state index >= 15 is 0 Å². The summed E-state index contributed by atoms with van der Waals surface area (Å²) in [5.74, 6) is -0.279. The van der Waals surface area contributed by atoms with Crippen molar-refractivity contribution in [3.63, 3.8) is 0 Å². The molecule has 3 heterocycles. The number of hydrogen-bond donors (Lipinski definition) is 12. The summed E-state index contributed by atoms with van der Waals surface area (Å²) >= 11 is 0. The van der Waals surface area contributed by atoms with E-state index in [0.717, 1.165) is 38.5 Å². The highest BCUT2D eigenvalue weighted by molar-refractivity contribution is 5.76. The Kier molecular flexibility index (Phi) is 50.7. The van der Waals surface area contributed by atoms with Gasteiger partial charge in [0, 0.05) is 6.42 Å². The Labute approximate surface area is 556 Å². The monoisotopic (exact) mass is 1320 g/mol. The molecule has 0 aromatic carbocycles. The van der Waals surface area contributed by atoms with Crippen LogP contribution in [0.5, 0.6) is 0 Å². The van der Waals surface area contributed by atoms with Crippen LogP contribution >= 0.6 is 0 Å². The van der Waals surface area contributed by atoms with Crippen molar-refractivity contribution in [3.05, 3.63) is 24.3 Å². The maximum atomic E-state index is 13.4. The second-order valence-electron chi connectivity index (χ2n) is 27.1. The van der Waals surface area contributed by atoms with Gasteiger partial charge in [0.1, 0.15) is 73.2 Å². The number of amides is 1. The molecule has 0 spiro atoms. The van der Waals surface area contributed by atoms with E-state index < -0.39 is 124 Å². The molecule has 3 aliphatic rings. The number of aliphatic hydroxyl groups excluding tert-OH is 11. The lowest BCUT2D eigenvalue weighted by atomic mass is 9.96. The molecule has 0 aromatic heterocycles. The number of ether oxygens (including phenoxy) is 6. The number of unbranched alkanes of at least 4 members (excludes halogenated alkanes) is 41. The van der Waals surface area contributed by atoms with Gasteiger partial charge in [0.05, 0.1) is 38.6 Å². The molecule has 17 atom stereocenters. The zero-order valence-electron chi connectivity index (χ0n) is 57.5. The molecule has 19 nitrogen and oxygen atoms in total. The standard InChI is InChI=1S/C73H137NO18/c1-3-5-7-9-11-13-15-17-19-21-23-25-26-27-28-29-31-32-34-36-38-40-42-44-46-48-50-57(78)56(74-61(79)51-49-47-45-43-41-39-37-35-33-30-24-22-20-18-16-14-12-10-8-6-4-2)55-87-71-67(85)64(82)69(59(53-76)89-71)92-73-68(86)65(83)70(60(54-77)90-73)91-72-66(84)63(81)62(80)58(52-75)88-72/h40,42,48,50,56-60,62-73,75-78,80-86H,3-39,41,43-47,49,51-55H2,1-2H3,(H,74,79)/b42-40+,50-48+. The summed E-state index contributed by atoms with van der Waals surface area (Å²) in [5, 5.41) is 121. The largest absolute Gasteiger partial charge is 0.394 e. The van der Waals surface area contributed by atoms with Gasteiger partial charge in [-0.05, 0) is 32.1 Å². The van der Waals surface area contributed by atoms with Crippen molar-refractivity contribution in [2.75, 3.05) is 26.4 Å². The third-order valence-electron chi connectivity index (χ3n) is 19.0. The Morgan fingerprint density at radius 2 is 0.696 bits per heavy atom. The molecule has 0 radical (unpaired) electrons. The SMILES string of the molecule is CCCCCCCCCCCCCCCCCCCCCC/C=C/CC/C=C/C(O)C(COC1OC(CO)C(OC2OC(CO)C(OC3OC(CO)C(O)C(O)C3O)C(O)C2O)C(O)C1O)NC(=O)CCCCCCCCCCCCCCCCCCCCCCC. The second-order valence-corrected chi connectivity index (χ2v) is 27.1. The first kappa shape index (κ1) is 84.5. The lowest BCUT2D eigenvalue weighted by molar-refractivity contribution is -0.379. The molecule has 3 aliphatic heterocycles. The van der Waals surface area contributed by atoms with Crippen molar-refractivity contribution in [2.24, 2.45) is 0 Å². The van der Waals surface area contributed by atoms with Crippen LogP contribution < -0.4 is 5.32 Å². The molecule has 1 amide bonds. The summed E-state index contributed by atoms with van der Waals surface area (Å²) in [6.45, 7) is 1.77. The fourth-order valence-corrected chi connectivity index (χ4v) is 12.9. The molecule has 3 saturated heterocycles. The zero-order valence-corrected chi connectivity index (χ0v) is 57.5. The molecule has 0 bridgehead atoms. The van der Waals surface area contributed by atoms with Crippen LogP contribution in [-0.2, 0) is 33.2 Å². The van der Waals surface area contributed by atoms with Crippen LogP contribution in [0.2, 0.25) is 0 Å². The van der Waals surface area contributed by atoms with Crippen LogP contribution in [0.3, 0.4) is 0 Å². The quantitative estimate of drug-likeness (QED) is 0.0199. The van der Waals surface area contributed by atoms with Crippen molar-refractivity contribution < 1.29 is 89.4 Å². The molecule has 0 saturated carbocycles. The highest BCUT2D eigenvalue weighted by Gasteiger charge is 2.53. The molecular weight excluding hydrogens is 1180 g/mol. The first-order valence-corrected chi connectivity index (χ1v) is 37.6. The minimum absolute atomic E-state index is 0.241. The number of carbonyl (C=O) groups is 1. The van der Waals surface area contributed by atoms with Gasteiger partial charge in [0.15, 0.2) is 18.9 Å². The number of allylic oxidation sites excluding steroid dienone is 3. The van der Waals surface area contributed by atoms with E-state index in [1.54, 1.807) is 6.08 Å². The van der Waals surface area contributed by atoms with Crippen molar-refractivity contribution in [2.45, 2.75) is 407 Å². The molecule has 12 N–H and O–H groups in total. The molecule has 3 fully saturated rings. The minimum atomic E-state index is -1.98.